The van der Waals surface area contributed by atoms with Crippen LogP contribution in [0, 0.1) is 53.7 Å². The van der Waals surface area contributed by atoms with Crippen LogP contribution in [-0.2, 0) is 19.8 Å². The van der Waals surface area contributed by atoms with E-state index in [1.54, 1.807) is 0 Å². The summed E-state index contributed by atoms with van der Waals surface area (Å²) in [6.45, 7) is 20.4. The number of hydrogen-bond acceptors (Lipinski definition) is 4. The van der Waals surface area contributed by atoms with E-state index in [0.717, 1.165) is 34.1 Å². The first-order chi connectivity index (χ1) is 15.3. The van der Waals surface area contributed by atoms with Crippen LogP contribution in [0.5, 0.6) is 0 Å². The molecular weight excluding hydrogens is 585 g/mol. The van der Waals surface area contributed by atoms with Crippen molar-refractivity contribution in [2.24, 2.45) is 0 Å². The van der Waals surface area contributed by atoms with Crippen LogP contribution >= 0.6 is 0 Å². The average Bonchev–Trinajstić information content (AvgIpc) is 3.25. The van der Waals surface area contributed by atoms with Gasteiger partial charge in [-0.15, -0.1) is 29.6 Å². The fourth-order valence-electron chi connectivity index (χ4n) is 4.35. The van der Waals surface area contributed by atoms with Crippen molar-refractivity contribution in [1.82, 2.24) is 0 Å². The van der Waals surface area contributed by atoms with Gasteiger partial charge < -0.3 is 19.6 Å². The Morgan fingerprint density at radius 1 is 0.667 bits per heavy atom. The second kappa shape index (κ2) is 8.40. The number of aryl methyl sites for hydroxylation is 4. The van der Waals surface area contributed by atoms with Gasteiger partial charge in [0, 0.05) is 42.5 Å². The number of rotatable bonds is 2. The zero-order chi connectivity index (χ0) is 22.7. The Balaban J connectivity index is 0.00000259. The minimum Gasteiger partial charge on any atom is -0.504 e. The second-order valence-electron chi connectivity index (χ2n) is 8.76. The molecule has 3 aromatic carbocycles. The van der Waals surface area contributed by atoms with Crippen LogP contribution in [0.3, 0.4) is 0 Å². The molecule has 0 radical (unpaired) electrons. The van der Waals surface area contributed by atoms with Crippen LogP contribution in [0.2, 0.25) is 0 Å². The van der Waals surface area contributed by atoms with E-state index in [1.807, 2.05) is 12.1 Å². The quantitative estimate of drug-likeness (QED) is 0.301. The normalized spacial score (nSPS) is 14.2. The predicted molar refractivity (Wildman–Crippen MR) is 133 cm³/mol. The van der Waals surface area contributed by atoms with Crippen molar-refractivity contribution in [2.45, 2.75) is 27.7 Å². The molecule has 0 bridgehead atoms. The summed E-state index contributed by atoms with van der Waals surface area (Å²) >= 11 is 0. The van der Waals surface area contributed by atoms with Crippen LogP contribution in [-0.4, -0.2) is 14.1 Å². The Morgan fingerprint density at radius 2 is 1.03 bits per heavy atom. The fourth-order valence-corrected chi connectivity index (χ4v) is 4.35. The van der Waals surface area contributed by atoms with Crippen molar-refractivity contribution in [3.63, 3.8) is 0 Å². The maximum Gasteiger partial charge on any atom is 0.0899 e. The number of hydrogen-bond donors (Lipinski definition) is 0. The third kappa shape index (κ3) is 3.75. The Morgan fingerprint density at radius 3 is 1.39 bits per heavy atom. The van der Waals surface area contributed by atoms with Crippen LogP contribution in [0.1, 0.15) is 22.3 Å². The summed E-state index contributed by atoms with van der Waals surface area (Å²) in [6, 6.07) is 16.2. The Bertz CT molecular complexity index is 1200. The summed E-state index contributed by atoms with van der Waals surface area (Å²) in [4.78, 5) is 12.3. The molecular formula is C27H26N5Os-3. The van der Waals surface area contributed by atoms with Gasteiger partial charge in [-0.05, 0) is 88.3 Å². The smallest absolute Gasteiger partial charge is 0.0899 e. The van der Waals surface area contributed by atoms with Gasteiger partial charge in [-0.25, -0.2) is 0 Å². The zero-order valence-electron chi connectivity index (χ0n) is 19.7. The van der Waals surface area contributed by atoms with E-state index in [0.29, 0.717) is 5.69 Å². The first-order valence-corrected chi connectivity index (χ1v) is 10.7. The van der Waals surface area contributed by atoms with Crippen molar-refractivity contribution in [1.29, 1.82) is 0 Å². The van der Waals surface area contributed by atoms with E-state index in [1.165, 1.54) is 22.3 Å². The zero-order valence-corrected chi connectivity index (χ0v) is 22.2. The number of benzene rings is 3. The Labute approximate surface area is 210 Å². The number of fused-ring (bicyclic) bond motifs is 2. The SMILES string of the molecule is [C-]#[N+]c1cc(N2[CH-]N(C)c3cc(C)c(C)cc32)[c-]c(N2[CH-]N(C)c3cc(C)c(C)cc32)c1.[Os]. The molecule has 33 heavy (non-hydrogen) atoms. The molecule has 0 saturated carbocycles. The maximum absolute atomic E-state index is 7.71. The van der Waals surface area contributed by atoms with Gasteiger partial charge in [0.15, 0.2) is 0 Å². The standard InChI is InChI=1S/C27H26N5.Os/c1-17-8-24-26(10-19(17)3)31(15-29(24)6)22-12-21(28-5)13-23(14-22)32-16-30(7)25-9-18(2)20(4)11-27(25)32;/h8-13,15-16H,1-4,6-7H3;/q-3;. The molecule has 5 nitrogen and oxygen atoms in total. The van der Waals surface area contributed by atoms with Gasteiger partial charge in [-0.2, -0.15) is 13.3 Å². The number of nitrogens with zero attached hydrogens (tertiary/aromatic N) is 5. The van der Waals surface area contributed by atoms with Gasteiger partial charge in [0.25, 0.3) is 0 Å². The minimum atomic E-state index is 0. The third-order valence-corrected chi connectivity index (χ3v) is 6.51. The van der Waals surface area contributed by atoms with Crippen molar-refractivity contribution < 1.29 is 19.8 Å². The van der Waals surface area contributed by atoms with Crippen LogP contribution in [0.4, 0.5) is 39.8 Å². The molecule has 0 spiro atoms. The van der Waals surface area contributed by atoms with Gasteiger partial charge in [0.2, 0.25) is 0 Å². The van der Waals surface area contributed by atoms with E-state index in [-0.39, 0.29) is 19.8 Å². The molecule has 3 aromatic rings. The molecule has 6 heteroatoms. The Kier molecular flexibility index (Phi) is 5.89. The van der Waals surface area contributed by atoms with Crippen molar-refractivity contribution >= 4 is 39.8 Å². The molecule has 0 atom stereocenters. The largest absolute Gasteiger partial charge is 0.504 e. The Hall–Kier alpha value is -3.01. The molecule has 2 aliphatic rings. The predicted octanol–water partition coefficient (Wildman–Crippen LogP) is 6.68. The van der Waals surface area contributed by atoms with E-state index < -0.39 is 0 Å². The van der Waals surface area contributed by atoms with E-state index in [9.17, 15) is 0 Å². The monoisotopic (exact) mass is 612 g/mol. The van der Waals surface area contributed by atoms with Crippen LogP contribution in [0.25, 0.3) is 4.85 Å². The van der Waals surface area contributed by atoms with Gasteiger partial charge in [0.05, 0.1) is 12.3 Å². The van der Waals surface area contributed by atoms with E-state index >= 15 is 0 Å². The molecule has 0 aliphatic carbocycles. The molecule has 0 saturated heterocycles. The summed E-state index contributed by atoms with van der Waals surface area (Å²) in [5.41, 5.74) is 11.8. The summed E-state index contributed by atoms with van der Waals surface area (Å²) in [5, 5.41) is 0. The minimum absolute atomic E-state index is 0. The summed E-state index contributed by atoms with van der Waals surface area (Å²) in [5.74, 6) is 0. The second-order valence-corrected chi connectivity index (χ2v) is 8.76. The third-order valence-electron chi connectivity index (χ3n) is 6.51. The molecule has 170 valence electrons. The molecule has 5 rings (SSSR count). The van der Waals surface area contributed by atoms with Gasteiger partial charge >= 0.3 is 0 Å². The van der Waals surface area contributed by atoms with Gasteiger partial charge in [-0.3, -0.25) is 4.85 Å². The summed E-state index contributed by atoms with van der Waals surface area (Å²) in [6.07, 6.45) is 0. The van der Waals surface area contributed by atoms with E-state index in [4.69, 9.17) is 6.57 Å². The number of anilines is 6. The van der Waals surface area contributed by atoms with E-state index in [2.05, 4.69) is 110 Å². The maximum atomic E-state index is 7.71. The topological polar surface area (TPSA) is 17.3 Å². The molecule has 2 aliphatic heterocycles. The van der Waals surface area contributed by atoms with Crippen LogP contribution < -0.4 is 19.6 Å². The molecule has 0 aromatic heterocycles. The molecule has 0 N–H and O–H groups in total. The summed E-state index contributed by atoms with van der Waals surface area (Å²) in [7, 11) is 4.11. The van der Waals surface area contributed by atoms with Crippen molar-refractivity contribution in [3.8, 4) is 0 Å². The molecule has 0 fully saturated rings. The molecule has 0 unspecified atom stereocenters. The van der Waals surface area contributed by atoms with Gasteiger partial charge in [0.1, 0.15) is 0 Å². The first-order valence-electron chi connectivity index (χ1n) is 10.7. The molecule has 2 heterocycles. The fraction of sp³-hybridized carbons (Fsp3) is 0.222. The van der Waals surface area contributed by atoms with Gasteiger partial charge in [-0.1, -0.05) is 0 Å². The average molecular weight is 611 g/mol. The molecule has 0 amide bonds. The first kappa shape index (κ1) is 23.2. The van der Waals surface area contributed by atoms with Crippen molar-refractivity contribution in [3.05, 3.63) is 89.5 Å². The van der Waals surface area contributed by atoms with Crippen LogP contribution in [0.15, 0.2) is 36.4 Å². The summed E-state index contributed by atoms with van der Waals surface area (Å²) < 4.78 is 0. The van der Waals surface area contributed by atoms with Crippen molar-refractivity contribution in [2.75, 3.05) is 33.7 Å².